The first-order chi connectivity index (χ1) is 7.35. The van der Waals surface area contributed by atoms with Gasteiger partial charge in [-0.25, -0.2) is 8.42 Å². The number of nitrogens with one attached hydrogen (secondary N) is 1. The standard InChI is InChI=1S/C9H16N2O4S/c1-3-4-5-8(9(12)13)11-16(14,15)7(2)6-10/h7-8,11H,3-5H2,1-2H3,(H,12,13)/t7?,8-/m0/s1. The molecule has 92 valence electrons. The molecule has 0 aliphatic rings. The lowest BCUT2D eigenvalue weighted by atomic mass is 10.1. The Morgan fingerprint density at radius 2 is 2.12 bits per heavy atom. The van der Waals surface area contributed by atoms with Crippen LogP contribution in [0, 0.1) is 11.3 Å². The van der Waals surface area contributed by atoms with Crippen molar-refractivity contribution in [1.82, 2.24) is 4.72 Å². The highest BCUT2D eigenvalue weighted by molar-refractivity contribution is 7.90. The summed E-state index contributed by atoms with van der Waals surface area (Å²) in [7, 11) is -3.88. The average molecular weight is 248 g/mol. The average Bonchev–Trinajstić information content (AvgIpc) is 2.22. The van der Waals surface area contributed by atoms with Crippen molar-refractivity contribution in [1.29, 1.82) is 5.26 Å². The number of nitrogens with zero attached hydrogens (tertiary/aromatic N) is 1. The second-order valence-corrected chi connectivity index (χ2v) is 5.50. The normalized spacial score (nSPS) is 15.1. The fourth-order valence-electron chi connectivity index (χ4n) is 1.01. The van der Waals surface area contributed by atoms with Crippen LogP contribution in [0.4, 0.5) is 0 Å². The van der Waals surface area contributed by atoms with Crippen molar-refractivity contribution in [3.63, 3.8) is 0 Å². The Hall–Kier alpha value is -1.13. The lowest BCUT2D eigenvalue weighted by molar-refractivity contribution is -0.139. The number of unbranched alkanes of at least 4 members (excludes halogenated alkanes) is 1. The summed E-state index contributed by atoms with van der Waals surface area (Å²) >= 11 is 0. The van der Waals surface area contributed by atoms with Crippen LogP contribution >= 0.6 is 0 Å². The van der Waals surface area contributed by atoms with Gasteiger partial charge in [-0.15, -0.1) is 0 Å². The second kappa shape index (κ2) is 6.45. The van der Waals surface area contributed by atoms with Gasteiger partial charge in [0.15, 0.2) is 5.25 Å². The van der Waals surface area contributed by atoms with Crippen LogP contribution < -0.4 is 4.72 Å². The van der Waals surface area contributed by atoms with Crippen LogP contribution in [0.25, 0.3) is 0 Å². The minimum absolute atomic E-state index is 0.225. The molecule has 0 fully saturated rings. The summed E-state index contributed by atoms with van der Waals surface area (Å²) in [5, 5.41) is 16.0. The van der Waals surface area contributed by atoms with Crippen LogP contribution in [0.5, 0.6) is 0 Å². The van der Waals surface area contributed by atoms with Crippen LogP contribution in [-0.2, 0) is 14.8 Å². The molecule has 0 saturated carbocycles. The van der Waals surface area contributed by atoms with Gasteiger partial charge in [0.2, 0.25) is 10.0 Å². The van der Waals surface area contributed by atoms with Gasteiger partial charge in [0.25, 0.3) is 0 Å². The molecule has 0 radical (unpaired) electrons. The van der Waals surface area contributed by atoms with E-state index >= 15 is 0 Å². The monoisotopic (exact) mass is 248 g/mol. The van der Waals surface area contributed by atoms with E-state index in [-0.39, 0.29) is 6.42 Å². The van der Waals surface area contributed by atoms with Crippen molar-refractivity contribution in [2.45, 2.75) is 44.4 Å². The molecule has 7 heteroatoms. The Bertz CT molecular complexity index is 371. The molecule has 1 unspecified atom stereocenters. The molecule has 0 heterocycles. The summed E-state index contributed by atoms with van der Waals surface area (Å²) < 4.78 is 24.9. The quantitative estimate of drug-likeness (QED) is 0.680. The van der Waals surface area contributed by atoms with Crippen LogP contribution in [0.15, 0.2) is 0 Å². The van der Waals surface area contributed by atoms with Gasteiger partial charge >= 0.3 is 5.97 Å². The molecule has 0 bridgehead atoms. The molecule has 0 rings (SSSR count). The number of aliphatic carboxylic acids is 1. The minimum atomic E-state index is -3.88. The van der Waals surface area contributed by atoms with Gasteiger partial charge < -0.3 is 5.11 Å². The van der Waals surface area contributed by atoms with Crippen molar-refractivity contribution in [3.05, 3.63) is 0 Å². The maximum atomic E-state index is 11.4. The number of rotatable bonds is 7. The van der Waals surface area contributed by atoms with E-state index in [0.717, 1.165) is 6.42 Å². The van der Waals surface area contributed by atoms with Crippen molar-refractivity contribution >= 4 is 16.0 Å². The second-order valence-electron chi connectivity index (χ2n) is 3.47. The van der Waals surface area contributed by atoms with Gasteiger partial charge in [-0.3, -0.25) is 4.79 Å². The van der Waals surface area contributed by atoms with E-state index in [9.17, 15) is 13.2 Å². The molecule has 2 atom stereocenters. The van der Waals surface area contributed by atoms with E-state index in [0.29, 0.717) is 6.42 Å². The molecular weight excluding hydrogens is 232 g/mol. The summed E-state index contributed by atoms with van der Waals surface area (Å²) in [6.07, 6.45) is 1.61. The molecule has 2 N–H and O–H groups in total. The van der Waals surface area contributed by atoms with Crippen LogP contribution in [0.3, 0.4) is 0 Å². The maximum absolute atomic E-state index is 11.4. The van der Waals surface area contributed by atoms with Gasteiger partial charge in [0, 0.05) is 0 Å². The van der Waals surface area contributed by atoms with Gasteiger partial charge in [-0.05, 0) is 13.3 Å². The molecule has 0 aliphatic carbocycles. The summed E-state index contributed by atoms with van der Waals surface area (Å²) in [5.74, 6) is -1.22. The Balaban J connectivity index is 4.64. The third kappa shape index (κ3) is 4.59. The largest absolute Gasteiger partial charge is 0.480 e. The zero-order valence-corrected chi connectivity index (χ0v) is 10.1. The summed E-state index contributed by atoms with van der Waals surface area (Å²) in [6, 6.07) is 0.410. The first kappa shape index (κ1) is 14.9. The summed E-state index contributed by atoms with van der Waals surface area (Å²) in [6.45, 7) is 3.09. The predicted octanol–water partition coefficient (Wildman–Crippen LogP) is 0.461. The number of hydrogen-bond acceptors (Lipinski definition) is 4. The first-order valence-corrected chi connectivity index (χ1v) is 6.53. The number of carbonyl (C=O) groups is 1. The molecule has 0 spiro atoms. The molecule has 0 saturated heterocycles. The highest BCUT2D eigenvalue weighted by Crippen LogP contribution is 2.05. The smallest absolute Gasteiger partial charge is 0.321 e. The van der Waals surface area contributed by atoms with Gasteiger partial charge in [0.05, 0.1) is 6.07 Å². The van der Waals surface area contributed by atoms with E-state index in [4.69, 9.17) is 10.4 Å². The third-order valence-corrected chi connectivity index (χ3v) is 3.75. The van der Waals surface area contributed by atoms with E-state index in [1.54, 1.807) is 6.07 Å². The van der Waals surface area contributed by atoms with Gasteiger partial charge in [-0.2, -0.15) is 9.98 Å². The molecule has 0 amide bonds. The number of carboxylic acids is 1. The first-order valence-electron chi connectivity index (χ1n) is 4.98. The number of carboxylic acid groups (broad SMARTS) is 1. The zero-order chi connectivity index (χ0) is 12.8. The van der Waals surface area contributed by atoms with Crippen LogP contribution in [0.1, 0.15) is 33.1 Å². The topological polar surface area (TPSA) is 107 Å². The Morgan fingerprint density at radius 1 is 1.56 bits per heavy atom. The highest BCUT2D eigenvalue weighted by Gasteiger charge is 2.27. The third-order valence-electron chi connectivity index (χ3n) is 2.10. The van der Waals surface area contributed by atoms with E-state index in [1.807, 2.05) is 11.6 Å². The van der Waals surface area contributed by atoms with E-state index < -0.39 is 27.3 Å². The van der Waals surface area contributed by atoms with Crippen molar-refractivity contribution < 1.29 is 18.3 Å². The van der Waals surface area contributed by atoms with Crippen molar-refractivity contribution in [3.8, 4) is 6.07 Å². The molecule has 16 heavy (non-hydrogen) atoms. The maximum Gasteiger partial charge on any atom is 0.321 e. The van der Waals surface area contributed by atoms with E-state index in [2.05, 4.69) is 0 Å². The molecular formula is C9H16N2O4S. The minimum Gasteiger partial charge on any atom is -0.480 e. The van der Waals surface area contributed by atoms with Gasteiger partial charge in [0.1, 0.15) is 6.04 Å². The van der Waals surface area contributed by atoms with Crippen molar-refractivity contribution in [2.75, 3.05) is 0 Å². The van der Waals surface area contributed by atoms with Gasteiger partial charge in [-0.1, -0.05) is 19.8 Å². The Kier molecular flexibility index (Phi) is 6.00. The fourth-order valence-corrected chi connectivity index (χ4v) is 1.97. The predicted molar refractivity (Wildman–Crippen MR) is 58.1 cm³/mol. The molecule has 0 aromatic rings. The number of hydrogen-bond donors (Lipinski definition) is 2. The summed E-state index contributed by atoms with van der Waals surface area (Å²) in [5.41, 5.74) is 0. The lowest BCUT2D eigenvalue weighted by Gasteiger charge is -2.15. The zero-order valence-electron chi connectivity index (χ0n) is 9.30. The SMILES string of the molecule is CCCC[C@H](NS(=O)(=O)C(C)C#N)C(=O)O. The molecule has 0 aromatic heterocycles. The van der Waals surface area contributed by atoms with Crippen LogP contribution in [-0.4, -0.2) is 30.8 Å². The lowest BCUT2D eigenvalue weighted by Crippen LogP contribution is -2.44. The molecule has 0 aliphatic heterocycles. The Morgan fingerprint density at radius 3 is 2.50 bits per heavy atom. The number of nitriles is 1. The summed E-state index contributed by atoms with van der Waals surface area (Å²) in [4.78, 5) is 10.8. The number of sulfonamides is 1. The molecule has 6 nitrogen and oxygen atoms in total. The molecule has 0 aromatic carbocycles. The Labute approximate surface area is 95.3 Å². The van der Waals surface area contributed by atoms with Crippen molar-refractivity contribution in [2.24, 2.45) is 0 Å². The highest BCUT2D eigenvalue weighted by atomic mass is 32.2. The fraction of sp³-hybridized carbons (Fsp3) is 0.778. The van der Waals surface area contributed by atoms with E-state index in [1.165, 1.54) is 6.92 Å². The van der Waals surface area contributed by atoms with Crippen LogP contribution in [0.2, 0.25) is 0 Å².